The highest BCUT2D eigenvalue weighted by Crippen LogP contribution is 2.31. The number of ether oxygens (including phenoxy) is 1. The summed E-state index contributed by atoms with van der Waals surface area (Å²) in [5.74, 6) is 0.559. The van der Waals surface area contributed by atoms with Crippen LogP contribution in [0.5, 0.6) is 0 Å². The summed E-state index contributed by atoms with van der Waals surface area (Å²) in [7, 11) is 0. The molecule has 158 valence electrons. The predicted molar refractivity (Wildman–Crippen MR) is 126 cm³/mol. The molecule has 2 aromatic heterocycles. The van der Waals surface area contributed by atoms with E-state index in [9.17, 15) is 4.79 Å². The Morgan fingerprint density at radius 2 is 1.69 bits per heavy atom. The zero-order valence-electron chi connectivity index (χ0n) is 17.1. The van der Waals surface area contributed by atoms with E-state index in [2.05, 4.69) is 21.2 Å². The summed E-state index contributed by atoms with van der Waals surface area (Å²) >= 11 is 1.31. The Balaban J connectivity index is 1.42. The lowest BCUT2D eigenvalue weighted by Gasteiger charge is -2.11. The molecule has 1 N–H and O–H groups in total. The number of para-hydroxylation sites is 2. The van der Waals surface area contributed by atoms with Gasteiger partial charge in [-0.15, -0.1) is 10.2 Å². The molecule has 5 aromatic rings. The topological polar surface area (TPSA) is 72.8 Å². The number of benzene rings is 3. The van der Waals surface area contributed by atoms with Crippen molar-refractivity contribution in [3.05, 3.63) is 96.7 Å². The molecular formula is C25H20N4O2S. The maximum atomic E-state index is 12.3. The number of aromatic nitrogens is 4. The first kappa shape index (κ1) is 20.1. The lowest BCUT2D eigenvalue weighted by Crippen LogP contribution is -2.08. The fourth-order valence-corrected chi connectivity index (χ4v) is 4.27. The number of hydrogen-bond acceptors (Lipinski definition) is 5. The van der Waals surface area contributed by atoms with E-state index >= 15 is 0 Å². The van der Waals surface area contributed by atoms with E-state index in [1.54, 1.807) is 0 Å². The molecule has 0 atom stereocenters. The molecule has 6 nitrogen and oxygen atoms in total. The van der Waals surface area contributed by atoms with Gasteiger partial charge in [0, 0.05) is 22.8 Å². The second kappa shape index (κ2) is 9.11. The van der Waals surface area contributed by atoms with Gasteiger partial charge in [-0.3, -0.25) is 9.36 Å². The van der Waals surface area contributed by atoms with Crippen LogP contribution in [-0.2, 0) is 16.1 Å². The molecule has 0 aliphatic rings. The number of thioether (sulfide) groups is 1. The van der Waals surface area contributed by atoms with Gasteiger partial charge >= 0.3 is 5.97 Å². The third kappa shape index (κ3) is 4.15. The fraction of sp³-hybridized carbons (Fsp3) is 0.0800. The van der Waals surface area contributed by atoms with Crippen molar-refractivity contribution in [2.24, 2.45) is 0 Å². The van der Waals surface area contributed by atoms with Gasteiger partial charge in [0.25, 0.3) is 0 Å². The molecule has 0 bridgehead atoms. The fourth-order valence-electron chi connectivity index (χ4n) is 3.52. The lowest BCUT2D eigenvalue weighted by molar-refractivity contribution is -0.141. The summed E-state index contributed by atoms with van der Waals surface area (Å²) in [5.41, 5.74) is 3.83. The second-order valence-electron chi connectivity index (χ2n) is 7.16. The van der Waals surface area contributed by atoms with Crippen LogP contribution in [0, 0.1) is 0 Å². The molecule has 0 saturated carbocycles. The molecule has 0 fully saturated rings. The zero-order valence-corrected chi connectivity index (χ0v) is 18.0. The summed E-state index contributed by atoms with van der Waals surface area (Å²) in [6.45, 7) is 0.256. The van der Waals surface area contributed by atoms with Crippen molar-refractivity contribution in [2.75, 3.05) is 5.75 Å². The zero-order chi connectivity index (χ0) is 21.8. The number of nitrogens with one attached hydrogen (secondary N) is 1. The minimum atomic E-state index is -0.297. The molecule has 3 aromatic carbocycles. The molecule has 0 radical (unpaired) electrons. The van der Waals surface area contributed by atoms with Crippen molar-refractivity contribution in [1.82, 2.24) is 19.7 Å². The summed E-state index contributed by atoms with van der Waals surface area (Å²) in [4.78, 5) is 15.6. The van der Waals surface area contributed by atoms with Crippen LogP contribution in [0.4, 0.5) is 0 Å². The van der Waals surface area contributed by atoms with Gasteiger partial charge < -0.3 is 9.72 Å². The standard InChI is InChI=1S/C25H20N4O2S/c30-22(31-16-18-8-3-1-4-9-18)17-32-25-28-27-24(29(25)20-11-5-2-6-12-20)21-13-7-10-19-14-15-26-23(19)21/h1-15,26H,16-17H2. The van der Waals surface area contributed by atoms with E-state index in [0.717, 1.165) is 27.7 Å². The minimum Gasteiger partial charge on any atom is -0.460 e. The Kier molecular flexibility index (Phi) is 5.72. The molecule has 32 heavy (non-hydrogen) atoms. The van der Waals surface area contributed by atoms with Crippen LogP contribution in [0.3, 0.4) is 0 Å². The highest BCUT2D eigenvalue weighted by molar-refractivity contribution is 7.99. The lowest BCUT2D eigenvalue weighted by atomic mass is 10.1. The Morgan fingerprint density at radius 3 is 2.50 bits per heavy atom. The largest absolute Gasteiger partial charge is 0.460 e. The van der Waals surface area contributed by atoms with Crippen LogP contribution in [-0.4, -0.2) is 31.5 Å². The van der Waals surface area contributed by atoms with Gasteiger partial charge in [0.1, 0.15) is 6.61 Å². The van der Waals surface area contributed by atoms with Crippen LogP contribution in [0.2, 0.25) is 0 Å². The normalized spacial score (nSPS) is 11.0. The van der Waals surface area contributed by atoms with Crippen molar-refractivity contribution in [2.45, 2.75) is 11.8 Å². The Morgan fingerprint density at radius 1 is 0.906 bits per heavy atom. The molecular weight excluding hydrogens is 420 g/mol. The van der Waals surface area contributed by atoms with E-state index in [-0.39, 0.29) is 18.3 Å². The second-order valence-corrected chi connectivity index (χ2v) is 8.10. The van der Waals surface area contributed by atoms with E-state index in [1.807, 2.05) is 89.6 Å². The number of aromatic amines is 1. The molecule has 2 heterocycles. The van der Waals surface area contributed by atoms with Gasteiger partial charge in [-0.2, -0.15) is 0 Å². The van der Waals surface area contributed by atoms with E-state index in [0.29, 0.717) is 11.0 Å². The van der Waals surface area contributed by atoms with Crippen LogP contribution in [0.1, 0.15) is 5.56 Å². The predicted octanol–water partition coefficient (Wildman–Crippen LogP) is 5.25. The average Bonchev–Trinajstić information content (AvgIpc) is 3.49. The Labute approximate surface area is 189 Å². The third-order valence-electron chi connectivity index (χ3n) is 5.04. The molecule has 0 aliphatic heterocycles. The van der Waals surface area contributed by atoms with Gasteiger partial charge in [0.05, 0.1) is 11.3 Å². The van der Waals surface area contributed by atoms with Crippen molar-refractivity contribution in [3.63, 3.8) is 0 Å². The monoisotopic (exact) mass is 440 g/mol. The van der Waals surface area contributed by atoms with Crippen molar-refractivity contribution < 1.29 is 9.53 Å². The van der Waals surface area contributed by atoms with Crippen LogP contribution in [0.25, 0.3) is 28.0 Å². The van der Waals surface area contributed by atoms with Crippen LogP contribution < -0.4 is 0 Å². The summed E-state index contributed by atoms with van der Waals surface area (Å²) in [6, 6.07) is 27.6. The van der Waals surface area contributed by atoms with E-state index in [4.69, 9.17) is 4.74 Å². The number of nitrogens with zero attached hydrogens (tertiary/aromatic N) is 3. The average molecular weight is 441 g/mol. The highest BCUT2D eigenvalue weighted by atomic mass is 32.2. The molecule has 0 spiro atoms. The van der Waals surface area contributed by atoms with Crippen molar-refractivity contribution >= 4 is 28.6 Å². The molecule has 0 amide bonds. The Hall–Kier alpha value is -3.84. The molecule has 7 heteroatoms. The number of carbonyl (C=O) groups excluding carboxylic acids is 1. The van der Waals surface area contributed by atoms with Gasteiger partial charge in [-0.1, -0.05) is 72.4 Å². The number of carbonyl (C=O) groups is 1. The molecule has 5 rings (SSSR count). The van der Waals surface area contributed by atoms with Crippen molar-refractivity contribution in [3.8, 4) is 17.1 Å². The van der Waals surface area contributed by atoms with Crippen molar-refractivity contribution in [1.29, 1.82) is 0 Å². The number of fused-ring (bicyclic) bond motifs is 1. The summed E-state index contributed by atoms with van der Waals surface area (Å²) < 4.78 is 7.39. The molecule has 0 aliphatic carbocycles. The van der Waals surface area contributed by atoms with Gasteiger partial charge in [-0.05, 0) is 29.8 Å². The first-order valence-corrected chi connectivity index (χ1v) is 11.2. The first-order chi connectivity index (χ1) is 15.8. The smallest absolute Gasteiger partial charge is 0.316 e. The summed E-state index contributed by atoms with van der Waals surface area (Å²) in [5, 5.41) is 10.6. The SMILES string of the molecule is O=C(CSc1nnc(-c2cccc3cc[nH]c23)n1-c1ccccc1)OCc1ccccc1. The number of hydrogen-bond donors (Lipinski definition) is 1. The maximum Gasteiger partial charge on any atom is 0.316 e. The van der Waals surface area contributed by atoms with Crippen LogP contribution in [0.15, 0.2) is 96.3 Å². The minimum absolute atomic E-state index is 0.143. The molecule has 0 unspecified atom stereocenters. The van der Waals surface area contributed by atoms with Gasteiger partial charge in [-0.25, -0.2) is 0 Å². The van der Waals surface area contributed by atoms with Gasteiger partial charge in [0.15, 0.2) is 11.0 Å². The van der Waals surface area contributed by atoms with E-state index in [1.165, 1.54) is 11.8 Å². The summed E-state index contributed by atoms with van der Waals surface area (Å²) in [6.07, 6.45) is 1.91. The third-order valence-corrected chi connectivity index (χ3v) is 5.94. The number of H-pyrrole nitrogens is 1. The highest BCUT2D eigenvalue weighted by Gasteiger charge is 2.19. The number of rotatable bonds is 7. The molecule has 0 saturated heterocycles. The maximum absolute atomic E-state index is 12.3. The Bertz CT molecular complexity index is 1350. The van der Waals surface area contributed by atoms with Gasteiger partial charge in [0.2, 0.25) is 0 Å². The first-order valence-electron chi connectivity index (χ1n) is 10.2. The van der Waals surface area contributed by atoms with E-state index < -0.39 is 0 Å². The quantitative estimate of drug-likeness (QED) is 0.276. The van der Waals surface area contributed by atoms with Crippen LogP contribution >= 0.6 is 11.8 Å². The number of esters is 1.